The molecule has 2 saturated carbocycles. The van der Waals surface area contributed by atoms with Crippen LogP contribution in [-0.2, 0) is 36.4 Å². The molecule has 4 aromatic heterocycles. The van der Waals surface area contributed by atoms with Crippen LogP contribution >= 0.6 is 11.6 Å². The number of aromatic nitrogens is 4. The molecule has 0 unspecified atom stereocenters. The average Bonchev–Trinajstić information content (AvgIpc) is 4.31. The van der Waals surface area contributed by atoms with Crippen LogP contribution in [0.3, 0.4) is 0 Å². The third-order valence-electron chi connectivity index (χ3n) is 13.1. The molecule has 7 heterocycles. The number of anilines is 2. The molecule has 5 N–H and O–H groups in total. The summed E-state index contributed by atoms with van der Waals surface area (Å²) in [5.74, 6) is -0.211. The first-order chi connectivity index (χ1) is 36.0. The highest BCUT2D eigenvalue weighted by molar-refractivity contribution is 6.18. The van der Waals surface area contributed by atoms with Crippen LogP contribution in [0.15, 0.2) is 107 Å². The molecule has 23 heteroatoms. The van der Waals surface area contributed by atoms with E-state index >= 15 is 0 Å². The molecule has 18 nitrogen and oxygen atoms in total. The normalized spacial score (nSPS) is 19.2. The summed E-state index contributed by atoms with van der Waals surface area (Å²) < 4.78 is 83.2. The lowest BCUT2D eigenvalue weighted by Gasteiger charge is -2.17. The molecule has 400 valence electrons. The minimum Gasteiger partial charge on any atom is -0.395 e. The van der Waals surface area contributed by atoms with Crippen LogP contribution in [0.2, 0.25) is 0 Å². The van der Waals surface area contributed by atoms with Crippen LogP contribution in [0, 0.1) is 13.8 Å². The molecule has 76 heavy (non-hydrogen) atoms. The molecular weight excluding hydrogens is 1020 g/mol. The van der Waals surface area contributed by atoms with Gasteiger partial charge < -0.3 is 58.8 Å². The Morgan fingerprint density at radius 2 is 1.24 bits per heavy atom. The molecular formula is C53H51ClF4N6O12. The Balaban J connectivity index is 0.000000161. The van der Waals surface area contributed by atoms with Gasteiger partial charge in [-0.05, 0) is 124 Å². The van der Waals surface area contributed by atoms with Crippen LogP contribution in [-0.4, -0.2) is 91.2 Å². The highest BCUT2D eigenvalue weighted by Crippen LogP contribution is 2.54. The minimum atomic E-state index is -3.74. The Kier molecular flexibility index (Phi) is 14.5. The van der Waals surface area contributed by atoms with Crippen molar-refractivity contribution < 1.29 is 65.8 Å². The number of benzene rings is 2. The highest BCUT2D eigenvalue weighted by Gasteiger charge is 2.54. The van der Waals surface area contributed by atoms with Gasteiger partial charge >= 0.3 is 12.6 Å². The van der Waals surface area contributed by atoms with Gasteiger partial charge in [0.15, 0.2) is 28.8 Å². The number of ether oxygens (including phenoxy) is 6. The van der Waals surface area contributed by atoms with Crippen molar-refractivity contribution in [2.75, 3.05) is 29.7 Å². The second-order valence-electron chi connectivity index (χ2n) is 19.2. The fourth-order valence-corrected chi connectivity index (χ4v) is 8.94. The van der Waals surface area contributed by atoms with Gasteiger partial charge in [0, 0.05) is 35.7 Å². The molecule has 0 spiro atoms. The van der Waals surface area contributed by atoms with E-state index in [1.54, 1.807) is 48.7 Å². The maximum Gasteiger partial charge on any atom is 0.586 e. The van der Waals surface area contributed by atoms with Crippen LogP contribution in [0.5, 0.6) is 23.0 Å². The number of aliphatic hydroxyl groups is 2. The molecule has 3 fully saturated rings. The van der Waals surface area contributed by atoms with Crippen molar-refractivity contribution in [1.82, 2.24) is 19.5 Å². The van der Waals surface area contributed by atoms with Crippen LogP contribution < -0.4 is 40.7 Å². The first-order valence-corrected chi connectivity index (χ1v) is 24.5. The SMILES string of the molecule is CC1(C)OC[C@@H](CCl)O1.Cc1ccc(NC(=O)C2(c3ccc4c(c3)OC(F)(F)O4)CC2)nc1-c1ccc(=O)[nH]c1.Cc1ccc(NC(=O)C2(c3ccc4c(c3)OC(F)(F)O4)CC2)nc1-c1ccc(=O)n(C[C@@H](O)CO)c1. The summed E-state index contributed by atoms with van der Waals surface area (Å²) in [5, 5.41) is 24.5. The zero-order chi connectivity index (χ0) is 54.4. The Morgan fingerprint density at radius 1 is 0.737 bits per heavy atom. The van der Waals surface area contributed by atoms with E-state index in [9.17, 15) is 41.8 Å². The van der Waals surface area contributed by atoms with Crippen molar-refractivity contribution in [2.45, 2.75) is 101 Å². The number of carbonyl (C=O) groups is 2. The smallest absolute Gasteiger partial charge is 0.395 e. The molecule has 2 aromatic carbocycles. The summed E-state index contributed by atoms with van der Waals surface area (Å²) in [6.07, 6.45) is -3.12. The predicted molar refractivity (Wildman–Crippen MR) is 267 cm³/mol. The number of fused-ring (bicyclic) bond motifs is 2. The van der Waals surface area contributed by atoms with Gasteiger partial charge in [-0.1, -0.05) is 24.3 Å². The van der Waals surface area contributed by atoms with E-state index in [2.05, 4.69) is 44.5 Å². The maximum absolute atomic E-state index is 13.4. The molecule has 0 radical (unpaired) electrons. The molecule has 2 aliphatic carbocycles. The number of hydrogen-bond acceptors (Lipinski definition) is 14. The van der Waals surface area contributed by atoms with Crippen molar-refractivity contribution in [3.63, 3.8) is 0 Å². The number of carbonyl (C=O) groups excluding carboxylic acids is 2. The quantitative estimate of drug-likeness (QED) is 0.0585. The van der Waals surface area contributed by atoms with Gasteiger partial charge in [0.2, 0.25) is 17.4 Å². The number of aromatic amines is 1. The van der Waals surface area contributed by atoms with Gasteiger partial charge in [0.05, 0.1) is 60.1 Å². The Bertz CT molecular complexity index is 3310. The van der Waals surface area contributed by atoms with Gasteiger partial charge in [0.25, 0.3) is 5.56 Å². The minimum absolute atomic E-state index is 0.0595. The standard InChI is InChI=1S/C25H23F2N3O6.C22H17F2N3O4.C6H11ClO2/c1-14-2-6-20(28-22(14)15-3-7-21(33)30(11-15)12-17(32)13-31)29-23(34)24(8-9-24)16-4-5-18-19(10-16)36-25(26,27)35-18;1-12-2-6-17(26-19(12)13-3-7-18(28)25-11-13)27-20(29)21(8-9-21)14-4-5-15-16(10-14)31-22(23,24)30-15;1-6(2)8-4-5(3-7)9-6/h2-7,10-11,17,31-32H,8-9,12-13H2,1H3,(H,28,29,34);2-7,10-11H,8-9H2,1H3,(H,25,28)(H,26,27,29);5H,3-4H2,1-2H3/t17-;;5-/m1.1/s1. The topological polar surface area (TPSA) is 235 Å². The van der Waals surface area contributed by atoms with Crippen LogP contribution in [0.25, 0.3) is 22.5 Å². The fraction of sp³-hybridized carbons (Fsp3) is 0.358. The lowest BCUT2D eigenvalue weighted by atomic mass is 9.94. The third-order valence-corrected chi connectivity index (χ3v) is 13.5. The number of H-pyrrole nitrogens is 1. The van der Waals surface area contributed by atoms with Gasteiger partial charge in [-0.3, -0.25) is 19.2 Å². The number of alkyl halides is 5. The first-order valence-electron chi connectivity index (χ1n) is 24.0. The zero-order valence-electron chi connectivity index (χ0n) is 41.3. The first kappa shape index (κ1) is 53.5. The lowest BCUT2D eigenvalue weighted by molar-refractivity contribution is -0.287. The van der Waals surface area contributed by atoms with Crippen molar-refractivity contribution in [1.29, 1.82) is 0 Å². The van der Waals surface area contributed by atoms with Crippen molar-refractivity contribution in [3.8, 4) is 45.5 Å². The number of rotatable bonds is 12. The fourth-order valence-electron chi connectivity index (χ4n) is 8.79. The average molecular weight is 1080 g/mol. The molecule has 6 aromatic rings. The summed E-state index contributed by atoms with van der Waals surface area (Å²) >= 11 is 5.53. The van der Waals surface area contributed by atoms with Gasteiger partial charge in [-0.15, -0.1) is 29.2 Å². The van der Waals surface area contributed by atoms with E-state index < -0.39 is 41.9 Å². The van der Waals surface area contributed by atoms with Crippen molar-refractivity contribution in [2.24, 2.45) is 0 Å². The molecule has 3 aliphatic heterocycles. The van der Waals surface area contributed by atoms with Crippen LogP contribution in [0.4, 0.5) is 29.2 Å². The zero-order valence-corrected chi connectivity index (χ0v) is 42.0. The Hall–Kier alpha value is -7.37. The van der Waals surface area contributed by atoms with E-state index in [1.165, 1.54) is 47.2 Å². The Morgan fingerprint density at radius 3 is 1.67 bits per heavy atom. The number of nitrogens with one attached hydrogen (secondary N) is 3. The second kappa shape index (κ2) is 20.6. The molecule has 2 amide bonds. The van der Waals surface area contributed by atoms with Crippen molar-refractivity contribution in [3.05, 3.63) is 140 Å². The molecule has 11 rings (SSSR count). The van der Waals surface area contributed by atoms with Crippen LogP contribution in [0.1, 0.15) is 61.8 Å². The van der Waals surface area contributed by atoms with Gasteiger partial charge in [-0.2, -0.15) is 0 Å². The molecule has 0 bridgehead atoms. The number of pyridine rings is 4. The number of nitrogens with zero attached hydrogens (tertiary/aromatic N) is 3. The Labute approximate surface area is 435 Å². The summed E-state index contributed by atoms with van der Waals surface area (Å²) in [6, 6.07) is 21.7. The number of halogens is 5. The third kappa shape index (κ3) is 11.7. The summed E-state index contributed by atoms with van der Waals surface area (Å²) in [5.41, 5.74) is 2.96. The maximum atomic E-state index is 13.4. The molecule has 5 aliphatic rings. The number of amides is 2. The van der Waals surface area contributed by atoms with E-state index in [0.717, 1.165) is 11.1 Å². The summed E-state index contributed by atoms with van der Waals surface area (Å²) in [6.45, 7) is 7.54. The summed E-state index contributed by atoms with van der Waals surface area (Å²) in [4.78, 5) is 61.5. The van der Waals surface area contributed by atoms with Gasteiger partial charge in [-0.25, -0.2) is 9.97 Å². The van der Waals surface area contributed by atoms with E-state index in [1.807, 2.05) is 33.8 Å². The predicted octanol–water partition coefficient (Wildman–Crippen LogP) is 7.68. The monoisotopic (exact) mass is 1070 g/mol. The van der Waals surface area contributed by atoms with E-state index in [-0.39, 0.29) is 64.4 Å². The lowest BCUT2D eigenvalue weighted by Crippen LogP contribution is -2.28. The molecule has 2 atom stereocenters. The summed E-state index contributed by atoms with van der Waals surface area (Å²) in [7, 11) is 0. The largest absolute Gasteiger partial charge is 0.586 e. The second-order valence-corrected chi connectivity index (χ2v) is 19.6. The highest BCUT2D eigenvalue weighted by atomic mass is 35.5. The number of aryl methyl sites for hydroxylation is 2. The van der Waals surface area contributed by atoms with E-state index in [0.29, 0.717) is 77.6 Å². The molecule has 1 saturated heterocycles. The van der Waals surface area contributed by atoms with Crippen molar-refractivity contribution >= 4 is 35.1 Å². The number of aliphatic hydroxyl groups excluding tert-OH is 2. The van der Waals surface area contributed by atoms with E-state index in [4.69, 9.17) is 26.2 Å². The number of hydrogen-bond donors (Lipinski definition) is 5. The van der Waals surface area contributed by atoms with Gasteiger partial charge in [0.1, 0.15) is 11.6 Å².